The highest BCUT2D eigenvalue weighted by Gasteiger charge is 2.18. The second-order valence-electron chi connectivity index (χ2n) is 2.49. The second kappa shape index (κ2) is 2.66. The molecule has 1 heterocycles. The number of hydrogen-bond donors (Lipinski definition) is 1. The first kappa shape index (κ1) is 7.66. The van der Waals surface area contributed by atoms with Crippen LogP contribution in [0.4, 0.5) is 4.79 Å². The highest BCUT2D eigenvalue weighted by Crippen LogP contribution is 2.26. The van der Waals surface area contributed by atoms with Gasteiger partial charge in [0.15, 0.2) is 0 Å². The number of rotatable bonds is 0. The molecule has 1 atom stereocenters. The van der Waals surface area contributed by atoms with Gasteiger partial charge in [0, 0.05) is 6.04 Å². The summed E-state index contributed by atoms with van der Waals surface area (Å²) in [5.74, 6) is 0. The number of thioether (sulfide) groups is 1. The quantitative estimate of drug-likeness (QED) is 0.583. The molecule has 0 aliphatic carbocycles. The Morgan fingerprint density at radius 3 is 2.60 bits per heavy atom. The molecule has 2 nitrogen and oxygen atoms in total. The predicted molar refractivity (Wildman–Crippen MR) is 44.0 cm³/mol. The van der Waals surface area contributed by atoms with Crippen LogP contribution in [0.1, 0.15) is 20.8 Å². The Morgan fingerprint density at radius 2 is 2.10 bits per heavy atom. The highest BCUT2D eigenvalue weighted by atomic mass is 32.2. The van der Waals surface area contributed by atoms with Crippen LogP contribution < -0.4 is 5.32 Å². The normalized spacial score (nSPS) is 26.7. The van der Waals surface area contributed by atoms with Crippen molar-refractivity contribution >= 4 is 17.0 Å². The largest absolute Gasteiger partial charge is 0.340 e. The van der Waals surface area contributed by atoms with Gasteiger partial charge in [-0.25, -0.2) is 0 Å². The lowest BCUT2D eigenvalue weighted by molar-refractivity contribution is 0.259. The first-order chi connectivity index (χ1) is 4.61. The van der Waals surface area contributed by atoms with Gasteiger partial charge in [-0.2, -0.15) is 0 Å². The van der Waals surface area contributed by atoms with Crippen molar-refractivity contribution in [3.8, 4) is 0 Å². The summed E-state index contributed by atoms with van der Waals surface area (Å²) >= 11 is 1.28. The zero-order valence-corrected chi connectivity index (χ0v) is 7.21. The van der Waals surface area contributed by atoms with E-state index in [9.17, 15) is 4.79 Å². The lowest BCUT2D eigenvalue weighted by Gasteiger charge is -2.21. The van der Waals surface area contributed by atoms with E-state index in [4.69, 9.17) is 0 Å². The molecule has 10 heavy (non-hydrogen) atoms. The van der Waals surface area contributed by atoms with Crippen LogP contribution in [0.15, 0.2) is 10.5 Å². The van der Waals surface area contributed by atoms with Gasteiger partial charge >= 0.3 is 0 Å². The fourth-order valence-electron chi connectivity index (χ4n) is 0.839. The monoisotopic (exact) mass is 157 g/mol. The average Bonchev–Trinajstić information content (AvgIpc) is 1.82. The molecule has 0 fully saturated rings. The van der Waals surface area contributed by atoms with Crippen molar-refractivity contribution in [3.63, 3.8) is 0 Å². The summed E-state index contributed by atoms with van der Waals surface area (Å²) in [6.07, 6.45) is 0. The maximum Gasteiger partial charge on any atom is 0.284 e. The van der Waals surface area contributed by atoms with E-state index in [-0.39, 0.29) is 11.3 Å². The van der Waals surface area contributed by atoms with Gasteiger partial charge in [-0.05, 0) is 43.0 Å². The summed E-state index contributed by atoms with van der Waals surface area (Å²) in [5, 5.41) is 2.89. The number of amides is 1. The molecule has 1 aliphatic rings. The lowest BCUT2D eigenvalue weighted by atomic mass is 10.1. The molecular formula is C7H11NOS. The van der Waals surface area contributed by atoms with Crippen LogP contribution in [0.3, 0.4) is 0 Å². The van der Waals surface area contributed by atoms with Gasteiger partial charge in [-0.1, -0.05) is 0 Å². The molecule has 0 unspecified atom stereocenters. The van der Waals surface area contributed by atoms with E-state index in [1.54, 1.807) is 0 Å². The first-order valence-electron chi connectivity index (χ1n) is 3.27. The zero-order chi connectivity index (χ0) is 7.72. The van der Waals surface area contributed by atoms with E-state index < -0.39 is 0 Å². The molecule has 0 aromatic rings. The summed E-state index contributed by atoms with van der Waals surface area (Å²) in [6.45, 7) is 6.03. The minimum Gasteiger partial charge on any atom is -0.340 e. The highest BCUT2D eigenvalue weighted by molar-refractivity contribution is 8.16. The fraction of sp³-hybridized carbons (Fsp3) is 0.571. The maximum atomic E-state index is 10.8. The standard InChI is InChI=1S/C7H11NOS/c1-4-5(2)8-7(9)10-6(4)3/h5H,1-3H3,(H,8,9)/t5-/m0/s1. The van der Waals surface area contributed by atoms with Gasteiger partial charge < -0.3 is 5.32 Å². The van der Waals surface area contributed by atoms with Crippen molar-refractivity contribution in [3.05, 3.63) is 10.5 Å². The molecule has 0 aromatic heterocycles. The summed E-state index contributed by atoms with van der Waals surface area (Å²) in [7, 11) is 0. The molecule has 56 valence electrons. The Morgan fingerprint density at radius 1 is 1.50 bits per heavy atom. The molecule has 0 aromatic carbocycles. The van der Waals surface area contributed by atoms with Gasteiger partial charge in [0.2, 0.25) is 0 Å². The molecule has 1 N–H and O–H groups in total. The molecule has 0 spiro atoms. The second-order valence-corrected chi connectivity index (χ2v) is 3.68. The number of carbonyl (C=O) groups is 1. The third-order valence-corrected chi connectivity index (χ3v) is 2.72. The molecule has 0 radical (unpaired) electrons. The van der Waals surface area contributed by atoms with Crippen molar-refractivity contribution in [1.29, 1.82) is 0 Å². The molecule has 0 saturated carbocycles. The number of hydrogen-bond acceptors (Lipinski definition) is 2. The van der Waals surface area contributed by atoms with E-state index in [1.165, 1.54) is 17.3 Å². The molecular weight excluding hydrogens is 146 g/mol. The Labute approximate surface area is 65.1 Å². The number of carbonyl (C=O) groups excluding carboxylic acids is 1. The molecule has 1 rings (SSSR count). The van der Waals surface area contributed by atoms with Crippen LogP contribution in [0.2, 0.25) is 0 Å². The number of nitrogens with one attached hydrogen (secondary N) is 1. The van der Waals surface area contributed by atoms with E-state index in [1.807, 2.05) is 20.8 Å². The Kier molecular flexibility index (Phi) is 2.04. The van der Waals surface area contributed by atoms with E-state index in [2.05, 4.69) is 5.32 Å². The first-order valence-corrected chi connectivity index (χ1v) is 4.08. The third-order valence-electron chi connectivity index (χ3n) is 1.78. The molecule has 3 heteroatoms. The summed E-state index contributed by atoms with van der Waals surface area (Å²) < 4.78 is 0. The Bertz CT molecular complexity index is 198. The van der Waals surface area contributed by atoms with E-state index in [0.717, 1.165) is 4.91 Å². The average molecular weight is 157 g/mol. The maximum absolute atomic E-state index is 10.8. The van der Waals surface area contributed by atoms with Crippen LogP contribution >= 0.6 is 11.8 Å². The summed E-state index contributed by atoms with van der Waals surface area (Å²) in [6, 6.07) is 0.216. The fourth-order valence-corrected chi connectivity index (χ4v) is 1.69. The Balaban J connectivity index is 2.84. The molecule has 1 amide bonds. The van der Waals surface area contributed by atoms with Crippen molar-refractivity contribution in [2.24, 2.45) is 0 Å². The van der Waals surface area contributed by atoms with Crippen LogP contribution in [0.25, 0.3) is 0 Å². The van der Waals surface area contributed by atoms with Gasteiger partial charge in [0.1, 0.15) is 0 Å². The lowest BCUT2D eigenvalue weighted by Crippen LogP contribution is -2.33. The van der Waals surface area contributed by atoms with Crippen LogP contribution in [-0.4, -0.2) is 11.3 Å². The van der Waals surface area contributed by atoms with Crippen LogP contribution in [0, 0.1) is 0 Å². The minimum atomic E-state index is 0.0654. The van der Waals surface area contributed by atoms with Gasteiger partial charge in [-0.15, -0.1) is 0 Å². The Hall–Kier alpha value is -0.440. The van der Waals surface area contributed by atoms with Crippen molar-refractivity contribution < 1.29 is 4.79 Å². The topological polar surface area (TPSA) is 29.1 Å². The SMILES string of the molecule is CC1=C(C)[C@H](C)NC(=O)S1. The van der Waals surface area contributed by atoms with Gasteiger partial charge in [-0.3, -0.25) is 4.79 Å². The summed E-state index contributed by atoms with van der Waals surface area (Å²) in [5.41, 5.74) is 1.27. The summed E-state index contributed by atoms with van der Waals surface area (Å²) in [4.78, 5) is 12.0. The van der Waals surface area contributed by atoms with Crippen LogP contribution in [-0.2, 0) is 0 Å². The van der Waals surface area contributed by atoms with Crippen molar-refractivity contribution in [1.82, 2.24) is 5.32 Å². The molecule has 0 saturated heterocycles. The molecule has 0 bridgehead atoms. The third kappa shape index (κ3) is 1.34. The van der Waals surface area contributed by atoms with E-state index >= 15 is 0 Å². The van der Waals surface area contributed by atoms with Gasteiger partial charge in [0.05, 0.1) is 0 Å². The van der Waals surface area contributed by atoms with Crippen molar-refractivity contribution in [2.75, 3.05) is 0 Å². The van der Waals surface area contributed by atoms with Crippen molar-refractivity contribution in [2.45, 2.75) is 26.8 Å². The number of allylic oxidation sites excluding steroid dienone is 1. The molecule has 1 aliphatic heterocycles. The van der Waals surface area contributed by atoms with Gasteiger partial charge in [0.25, 0.3) is 5.24 Å². The van der Waals surface area contributed by atoms with E-state index in [0.29, 0.717) is 0 Å². The van der Waals surface area contributed by atoms with Crippen LogP contribution in [0.5, 0.6) is 0 Å². The smallest absolute Gasteiger partial charge is 0.284 e. The predicted octanol–water partition coefficient (Wildman–Crippen LogP) is 2.13. The zero-order valence-electron chi connectivity index (χ0n) is 6.39. The minimum absolute atomic E-state index is 0.0654.